The van der Waals surface area contributed by atoms with Crippen LogP contribution in [0.1, 0.15) is 249 Å². The Kier molecular flexibility index (Phi) is 46.0. The van der Waals surface area contributed by atoms with Crippen molar-refractivity contribution in [3.8, 4) is 113 Å². The third-order valence-electron chi connectivity index (χ3n) is 23.5. The van der Waals surface area contributed by atoms with Crippen LogP contribution in [0.5, 0.6) is 0 Å². The summed E-state index contributed by atoms with van der Waals surface area (Å²) in [7, 11) is 0. The molecule has 3 heterocycles. The first kappa shape index (κ1) is 118. The summed E-state index contributed by atoms with van der Waals surface area (Å²) in [6, 6.07) is 62.5. The minimum atomic E-state index is -0.443. The first-order valence-electron chi connectivity index (χ1n) is 46.3. The van der Waals surface area contributed by atoms with Crippen molar-refractivity contribution < 1.29 is 91.0 Å². The molecule has 15 nitrogen and oxygen atoms in total. The summed E-state index contributed by atoms with van der Waals surface area (Å²) in [6.07, 6.45) is 9.06. The standard InChI is InChI=1S/C31H30N3.C29H26N3.C28H24N3.2C11H24O2.C7H16O2.3Ir/c1-6-7-8-25-17-24(18-32)9-10-28(25)29-19-33-30(26-13-20(2)11-21(3)14-26)31(34-29)27-15-22(4)12-23(5)16-27;1-17-9-18(2)12-24(11-17)28-29(25-13-19(3)10-20(4)14-25)32-27(16-31-28)26-8-7-23(15-30)21(5)22(26)6;1-17-9-18(2)12-22(11-17)27-28(23-13-19(3)10-20(4)14-23)31-26(16-30-27)25-15-24(29-6)8-7-21(25)5;2*1-10(2,3)8(12)7-9(13)11(4,5)6;1-3-6(8)5-7(9)4-2;;;/h9-13,15-17,19H,6-8H2,1-5H3;7-11,13-14,16H,1-6H3;7-11,13-16H,1-5H3;2*8-9,12-13H,7H2,1-6H3;6-9H,3-5H2,1-2H3;;;/q3*-1;;;;;;. The van der Waals surface area contributed by atoms with E-state index in [-0.39, 0.29) is 94.2 Å². The van der Waals surface area contributed by atoms with Gasteiger partial charge < -0.3 is 45.6 Å². The fraction of sp³-hybridized carbons (Fsp3) is 0.410. The zero-order valence-corrected chi connectivity index (χ0v) is 92.5. The zero-order valence-electron chi connectivity index (χ0n) is 85.3. The van der Waals surface area contributed by atoms with Crippen LogP contribution in [0.2, 0.25) is 0 Å². The van der Waals surface area contributed by atoms with E-state index in [2.05, 4.69) is 209 Å². The molecule has 723 valence electrons. The monoisotopic (exact) mass is 2350 g/mol. The van der Waals surface area contributed by atoms with Gasteiger partial charge in [-0.3, -0.25) is 15.0 Å². The van der Waals surface area contributed by atoms with Crippen LogP contribution in [0.4, 0.5) is 5.69 Å². The van der Waals surface area contributed by atoms with Crippen LogP contribution in [0.25, 0.3) is 106 Å². The molecule has 0 amide bonds. The Labute approximate surface area is 849 Å². The predicted molar refractivity (Wildman–Crippen MR) is 545 cm³/mol. The number of hydrogen-bond donors (Lipinski definition) is 6. The maximum absolute atomic E-state index is 9.76. The van der Waals surface area contributed by atoms with Crippen molar-refractivity contribution in [3.05, 3.63) is 288 Å². The van der Waals surface area contributed by atoms with Gasteiger partial charge >= 0.3 is 0 Å². The molecule has 12 aromatic rings. The van der Waals surface area contributed by atoms with Crippen molar-refractivity contribution >= 4 is 5.69 Å². The number of aryl methyl sites for hydroxylation is 14. The molecule has 0 aliphatic heterocycles. The van der Waals surface area contributed by atoms with E-state index in [1.165, 1.54) is 50.1 Å². The Balaban J connectivity index is 0.000000357. The fourth-order valence-corrected chi connectivity index (χ4v) is 15.3. The van der Waals surface area contributed by atoms with E-state index in [9.17, 15) is 30.9 Å². The van der Waals surface area contributed by atoms with Crippen molar-refractivity contribution in [2.45, 2.75) is 296 Å². The minimum absolute atomic E-state index is 0. The Morgan fingerprint density at radius 1 is 0.363 bits per heavy atom. The second-order valence-corrected chi connectivity index (χ2v) is 40.3. The maximum Gasteiger partial charge on any atom is 0.187 e. The SMILES string of the molecule is CC(C)(C)C(O)CC(O)C(C)(C)C.CC(C)(C)C(O)CC(O)C(C)(C)C.CCC(O)CC(O)CC.CCCCc1cc(C#N)ccc1-c1cnc(-c2[c-]c(C)cc(C)c2)c(-c2cc(C)cc(C)c2)n1.Cc1[c-]c(-c2ncc(-c3ccc(C#N)c(C)c3C)nc2-c2cc(C)cc(C)c2)cc(C)c1.[C-]#[N+]c1ccc(C)c(-c2cnc(-c3[c-]c(C)cc(C)c3)c(-c3cc(C)cc(C)c3)n2)c1.[Ir].[Ir].[Ir]. The largest absolute Gasteiger partial charge is 0.393 e. The summed E-state index contributed by atoms with van der Waals surface area (Å²) in [5.74, 6) is 0. The molecule has 0 fully saturated rings. The number of nitrogens with zero attached hydrogens (tertiary/aromatic N) is 9. The quantitative estimate of drug-likeness (QED) is 0.0389. The molecule has 3 aromatic heterocycles. The minimum Gasteiger partial charge on any atom is -0.393 e. The number of aliphatic hydroxyl groups excluding tert-OH is 6. The third-order valence-corrected chi connectivity index (χ3v) is 23.5. The molecule has 6 N–H and O–H groups in total. The second kappa shape index (κ2) is 52.8. The zero-order chi connectivity index (χ0) is 98.4. The molecule has 3 radical (unpaired) electrons. The van der Waals surface area contributed by atoms with Gasteiger partial charge in [0.25, 0.3) is 0 Å². The molecule has 18 heteroatoms. The predicted octanol–water partition coefficient (Wildman–Crippen LogP) is 27.4. The van der Waals surface area contributed by atoms with Crippen molar-refractivity contribution in [2.75, 3.05) is 0 Å². The Morgan fingerprint density at radius 3 is 0.993 bits per heavy atom. The average Bonchev–Trinajstić information content (AvgIpc) is 0.867. The molecule has 135 heavy (non-hydrogen) atoms. The van der Waals surface area contributed by atoms with E-state index in [4.69, 9.17) is 46.7 Å². The molecule has 0 saturated heterocycles. The molecule has 6 unspecified atom stereocenters. The number of rotatable bonds is 20. The maximum atomic E-state index is 9.76. The normalized spacial score (nSPS) is 12.5. The fourth-order valence-electron chi connectivity index (χ4n) is 15.3. The van der Waals surface area contributed by atoms with E-state index in [0.717, 1.165) is 172 Å². The molecular weight excluding hydrogens is 2200 g/mol. The van der Waals surface area contributed by atoms with Crippen LogP contribution in [-0.4, -0.2) is 97.2 Å². The van der Waals surface area contributed by atoms with Gasteiger partial charge in [-0.25, -0.2) is 4.85 Å². The van der Waals surface area contributed by atoms with Gasteiger partial charge in [0.15, 0.2) is 5.69 Å². The van der Waals surface area contributed by atoms with Crippen molar-refractivity contribution in [1.82, 2.24) is 29.9 Å². The van der Waals surface area contributed by atoms with Gasteiger partial charge in [0, 0.05) is 120 Å². The number of aromatic nitrogens is 6. The van der Waals surface area contributed by atoms with Crippen LogP contribution in [0.15, 0.2) is 158 Å². The van der Waals surface area contributed by atoms with Gasteiger partial charge in [-0.2, -0.15) is 10.5 Å². The molecule has 12 rings (SSSR count). The van der Waals surface area contributed by atoms with E-state index >= 15 is 0 Å². The molecule has 0 aliphatic rings. The smallest absolute Gasteiger partial charge is 0.187 e. The summed E-state index contributed by atoms with van der Waals surface area (Å²) in [5, 5.41) is 75.8. The summed E-state index contributed by atoms with van der Waals surface area (Å²) >= 11 is 0. The van der Waals surface area contributed by atoms with Crippen LogP contribution in [-0.2, 0) is 66.7 Å². The van der Waals surface area contributed by atoms with Gasteiger partial charge in [0.1, 0.15) is 0 Å². The molecule has 0 saturated carbocycles. The molecule has 0 bridgehead atoms. The van der Waals surface area contributed by atoms with E-state index < -0.39 is 24.4 Å². The van der Waals surface area contributed by atoms with Crippen LogP contribution < -0.4 is 0 Å². The van der Waals surface area contributed by atoms with Crippen LogP contribution >= 0.6 is 0 Å². The second-order valence-electron chi connectivity index (χ2n) is 40.3. The van der Waals surface area contributed by atoms with Gasteiger partial charge in [-0.1, -0.05) is 264 Å². The summed E-state index contributed by atoms with van der Waals surface area (Å²) in [5.41, 5.74) is 35.9. The molecular formula is C117H144Ir3N9O6-3. The summed E-state index contributed by atoms with van der Waals surface area (Å²) in [4.78, 5) is 33.7. The van der Waals surface area contributed by atoms with E-state index in [1.54, 1.807) is 0 Å². The first-order chi connectivity index (χ1) is 61.8. The van der Waals surface area contributed by atoms with Gasteiger partial charge in [-0.05, 0) is 185 Å². The van der Waals surface area contributed by atoms with Crippen molar-refractivity contribution in [3.63, 3.8) is 0 Å². The molecule has 9 aromatic carbocycles. The topological polar surface area (TPSA) is 251 Å². The average molecular weight is 2350 g/mol. The summed E-state index contributed by atoms with van der Waals surface area (Å²) < 4.78 is 0. The number of benzene rings is 9. The molecule has 6 atom stereocenters. The number of unbranched alkanes of at least 4 members (excludes halogenated alkanes) is 1. The van der Waals surface area contributed by atoms with Crippen molar-refractivity contribution in [1.29, 1.82) is 10.5 Å². The first-order valence-corrected chi connectivity index (χ1v) is 46.3. The van der Waals surface area contributed by atoms with Gasteiger partial charge in [0.2, 0.25) is 0 Å². The van der Waals surface area contributed by atoms with Gasteiger partial charge in [-0.15, -0.1) is 105 Å². The number of aliphatic hydroxyl groups is 6. The number of hydrogen-bond acceptors (Lipinski definition) is 14. The van der Waals surface area contributed by atoms with Crippen molar-refractivity contribution in [2.24, 2.45) is 21.7 Å². The Hall–Kier alpha value is -9.60. The third kappa shape index (κ3) is 35.1. The Bertz CT molecular complexity index is 5890. The number of nitriles is 2. The summed E-state index contributed by atoms with van der Waals surface area (Å²) in [6.45, 7) is 68.2. The molecule has 0 aliphatic carbocycles. The van der Waals surface area contributed by atoms with Crippen LogP contribution in [0.3, 0.4) is 0 Å². The van der Waals surface area contributed by atoms with Crippen LogP contribution in [0, 0.1) is 173 Å². The van der Waals surface area contributed by atoms with E-state index in [0.29, 0.717) is 36.1 Å². The van der Waals surface area contributed by atoms with E-state index in [1.807, 2.05) is 192 Å². The van der Waals surface area contributed by atoms with Gasteiger partial charge in [0.05, 0.1) is 101 Å². The molecule has 0 spiro atoms. The Morgan fingerprint density at radius 2 is 0.689 bits per heavy atom.